The van der Waals surface area contributed by atoms with E-state index in [1.165, 1.54) is 35.1 Å². The topological polar surface area (TPSA) is 187 Å². The number of rotatable bonds is 9. The predicted octanol–water partition coefficient (Wildman–Crippen LogP) is 0.157. The molecule has 3 N–H and O–H groups in total. The SMILES string of the molecule is CON=C(C(=O)NC1C(=O)N2CC(C(=O)O)(C(CC#N)Sc3nn[nH]n3)CS[C@H]12)c1cccs1. The first kappa shape index (κ1) is 24.0. The number of fused-ring (bicyclic) bond motifs is 1. The second kappa shape index (κ2) is 9.99. The number of carboxylic acids is 1. The van der Waals surface area contributed by atoms with Crippen molar-refractivity contribution in [3.63, 3.8) is 0 Å². The Balaban J connectivity index is 1.49. The van der Waals surface area contributed by atoms with Gasteiger partial charge in [0.05, 0.1) is 10.9 Å². The third kappa shape index (κ3) is 4.33. The number of aromatic nitrogens is 4. The van der Waals surface area contributed by atoms with E-state index >= 15 is 0 Å². The number of aromatic amines is 1. The zero-order valence-electron chi connectivity index (χ0n) is 17.6. The second-order valence-corrected chi connectivity index (χ2v) is 10.6. The summed E-state index contributed by atoms with van der Waals surface area (Å²) >= 11 is 3.58. The minimum atomic E-state index is -1.41. The standard InChI is InChI=1S/C18H18N8O5S3/c1-31-23-11(9-3-2-6-32-9)13(27)20-12-14(28)26-7-18(16(29)30,8-33-15(12)26)10(4-5-19)34-17-21-24-25-22-17/h2-3,6,10,12,15H,4,7-8H2,1H3,(H,20,27)(H,29,30)(H,21,22,24,25)/t10?,12?,15-,18?/m1/s1. The third-order valence-corrected chi connectivity index (χ3v) is 9.15. The minimum Gasteiger partial charge on any atom is -0.481 e. The van der Waals surface area contributed by atoms with E-state index < -0.39 is 39.9 Å². The Kier molecular flexibility index (Phi) is 7.05. The highest BCUT2D eigenvalue weighted by atomic mass is 32.2. The first-order valence-electron chi connectivity index (χ1n) is 9.79. The summed E-state index contributed by atoms with van der Waals surface area (Å²) in [6.45, 7) is -0.105. The van der Waals surface area contributed by atoms with Crippen molar-refractivity contribution in [2.24, 2.45) is 10.6 Å². The van der Waals surface area contributed by atoms with Crippen molar-refractivity contribution in [2.75, 3.05) is 19.4 Å². The van der Waals surface area contributed by atoms with E-state index in [4.69, 9.17) is 4.84 Å². The summed E-state index contributed by atoms with van der Waals surface area (Å²) in [4.78, 5) is 45.0. The van der Waals surface area contributed by atoms with Crippen LogP contribution in [0.2, 0.25) is 0 Å². The van der Waals surface area contributed by atoms with Crippen molar-refractivity contribution in [3.05, 3.63) is 22.4 Å². The number of carbonyl (C=O) groups is 3. The van der Waals surface area contributed by atoms with Crippen LogP contribution in [0.3, 0.4) is 0 Å². The number of thiophene rings is 1. The number of β-lactam (4-membered cyclic amide) rings is 1. The fourth-order valence-electron chi connectivity index (χ4n) is 3.73. The number of nitrogens with one attached hydrogen (secondary N) is 2. The Hall–Kier alpha value is -3.16. The zero-order chi connectivity index (χ0) is 24.3. The number of hydrogen-bond acceptors (Lipinski definition) is 12. The van der Waals surface area contributed by atoms with Gasteiger partial charge in [0.15, 0.2) is 5.71 Å². The highest BCUT2D eigenvalue weighted by Gasteiger charge is 2.60. The van der Waals surface area contributed by atoms with Crippen LogP contribution in [-0.2, 0) is 19.2 Å². The predicted molar refractivity (Wildman–Crippen MR) is 122 cm³/mol. The fraction of sp³-hybridized carbons (Fsp3) is 0.444. The van der Waals surface area contributed by atoms with Crippen LogP contribution < -0.4 is 5.32 Å². The van der Waals surface area contributed by atoms with E-state index in [0.717, 1.165) is 11.8 Å². The monoisotopic (exact) mass is 522 g/mol. The van der Waals surface area contributed by atoms with Crippen LogP contribution in [-0.4, -0.2) is 90.2 Å². The number of oxime groups is 1. The molecular formula is C18H18N8O5S3. The van der Waals surface area contributed by atoms with Gasteiger partial charge < -0.3 is 20.2 Å². The smallest absolute Gasteiger partial charge is 0.313 e. The average Bonchev–Trinajstić information content (AvgIpc) is 3.54. The molecule has 2 fully saturated rings. The number of nitriles is 1. The Labute approximate surface area is 205 Å². The molecule has 0 aromatic carbocycles. The minimum absolute atomic E-state index is 0.0510. The number of H-pyrrole nitrogens is 1. The summed E-state index contributed by atoms with van der Waals surface area (Å²) in [5, 5.41) is 40.2. The summed E-state index contributed by atoms with van der Waals surface area (Å²) < 4.78 is 0. The van der Waals surface area contributed by atoms with Crippen LogP contribution in [0.4, 0.5) is 0 Å². The van der Waals surface area contributed by atoms with Crippen molar-refractivity contribution in [3.8, 4) is 6.07 Å². The summed E-state index contributed by atoms with van der Waals surface area (Å²) in [5.41, 5.74) is -1.36. The molecule has 4 atom stereocenters. The molecule has 2 amide bonds. The molecule has 2 aromatic heterocycles. The van der Waals surface area contributed by atoms with Gasteiger partial charge in [-0.15, -0.1) is 33.3 Å². The molecule has 2 aliphatic rings. The van der Waals surface area contributed by atoms with E-state index in [1.807, 2.05) is 6.07 Å². The van der Waals surface area contributed by atoms with E-state index in [-0.39, 0.29) is 29.6 Å². The molecule has 0 bridgehead atoms. The molecule has 3 unspecified atom stereocenters. The van der Waals surface area contributed by atoms with Crippen molar-refractivity contribution >= 4 is 58.4 Å². The summed E-state index contributed by atoms with van der Waals surface area (Å²) in [7, 11) is 1.32. The van der Waals surface area contributed by atoms with Crippen molar-refractivity contribution in [1.82, 2.24) is 30.8 Å². The molecule has 178 valence electrons. The van der Waals surface area contributed by atoms with Crippen LogP contribution >= 0.6 is 34.9 Å². The maximum Gasteiger partial charge on any atom is 0.313 e. The first-order valence-corrected chi connectivity index (χ1v) is 12.6. The first-order chi connectivity index (χ1) is 16.4. The van der Waals surface area contributed by atoms with Crippen molar-refractivity contribution < 1.29 is 24.3 Å². The van der Waals surface area contributed by atoms with Gasteiger partial charge in [0, 0.05) is 24.0 Å². The van der Waals surface area contributed by atoms with Gasteiger partial charge >= 0.3 is 5.97 Å². The van der Waals surface area contributed by atoms with Gasteiger partial charge in [-0.25, -0.2) is 0 Å². The molecule has 4 rings (SSSR count). The number of nitrogens with zero attached hydrogens (tertiary/aromatic N) is 6. The number of tetrazole rings is 1. The number of carbonyl (C=O) groups excluding carboxylic acids is 2. The number of carboxylic acid groups (broad SMARTS) is 1. The molecule has 2 aliphatic heterocycles. The molecule has 34 heavy (non-hydrogen) atoms. The molecule has 2 aromatic rings. The molecule has 4 heterocycles. The highest BCUT2D eigenvalue weighted by molar-refractivity contribution is 8.01. The maximum absolute atomic E-state index is 12.9. The summed E-state index contributed by atoms with van der Waals surface area (Å²) in [6.07, 6.45) is -0.0867. The summed E-state index contributed by atoms with van der Waals surface area (Å²) in [5.74, 6) is -1.96. The number of hydrogen-bond donors (Lipinski definition) is 3. The quantitative estimate of drug-likeness (QED) is 0.176. The lowest BCUT2D eigenvalue weighted by molar-refractivity contribution is -0.158. The Morgan fingerprint density at radius 1 is 1.59 bits per heavy atom. The fourth-order valence-corrected chi connectivity index (χ4v) is 7.24. The van der Waals surface area contributed by atoms with Gasteiger partial charge in [0.2, 0.25) is 11.1 Å². The van der Waals surface area contributed by atoms with Crippen LogP contribution in [0, 0.1) is 16.7 Å². The highest BCUT2D eigenvalue weighted by Crippen LogP contribution is 2.48. The van der Waals surface area contributed by atoms with Crippen LogP contribution in [0.5, 0.6) is 0 Å². The van der Waals surface area contributed by atoms with Gasteiger partial charge in [0.1, 0.15) is 23.9 Å². The van der Waals surface area contributed by atoms with Gasteiger partial charge in [-0.2, -0.15) is 10.5 Å². The Morgan fingerprint density at radius 3 is 3.03 bits per heavy atom. The van der Waals surface area contributed by atoms with Crippen LogP contribution in [0.25, 0.3) is 0 Å². The molecule has 0 aliphatic carbocycles. The molecule has 0 radical (unpaired) electrons. The van der Waals surface area contributed by atoms with Crippen LogP contribution in [0.1, 0.15) is 11.3 Å². The number of thioether (sulfide) groups is 2. The van der Waals surface area contributed by atoms with E-state index in [1.54, 1.807) is 17.5 Å². The lowest BCUT2D eigenvalue weighted by Gasteiger charge is -2.55. The Morgan fingerprint density at radius 2 is 2.41 bits per heavy atom. The largest absolute Gasteiger partial charge is 0.481 e. The lowest BCUT2D eigenvalue weighted by Crippen LogP contribution is -2.75. The van der Waals surface area contributed by atoms with Gasteiger partial charge in [0.25, 0.3) is 5.91 Å². The van der Waals surface area contributed by atoms with Crippen LogP contribution in [0.15, 0.2) is 27.8 Å². The molecular weight excluding hydrogens is 504 g/mol. The van der Waals surface area contributed by atoms with Gasteiger partial charge in [-0.3, -0.25) is 14.4 Å². The Bertz CT molecular complexity index is 1140. The number of aliphatic carboxylic acids is 1. The average molecular weight is 523 g/mol. The molecule has 2 saturated heterocycles. The summed E-state index contributed by atoms with van der Waals surface area (Å²) in [6, 6.07) is 4.67. The van der Waals surface area contributed by atoms with Gasteiger partial charge in [-0.05, 0) is 16.7 Å². The molecule has 13 nitrogen and oxygen atoms in total. The molecule has 0 spiro atoms. The third-order valence-electron chi connectivity index (χ3n) is 5.44. The van der Waals surface area contributed by atoms with Crippen molar-refractivity contribution in [2.45, 2.75) is 28.2 Å². The molecule has 16 heteroatoms. The van der Waals surface area contributed by atoms with Crippen molar-refractivity contribution in [1.29, 1.82) is 5.26 Å². The number of amides is 2. The van der Waals surface area contributed by atoms with E-state index in [2.05, 4.69) is 31.1 Å². The van der Waals surface area contributed by atoms with E-state index in [0.29, 0.717) is 4.88 Å². The maximum atomic E-state index is 12.9. The normalized spacial score (nSPS) is 25.0. The zero-order valence-corrected chi connectivity index (χ0v) is 20.0. The second-order valence-electron chi connectivity index (χ2n) is 7.34. The lowest BCUT2D eigenvalue weighted by atomic mass is 9.82. The van der Waals surface area contributed by atoms with Gasteiger partial charge in [-0.1, -0.05) is 23.0 Å². The van der Waals surface area contributed by atoms with E-state index in [9.17, 15) is 24.8 Å². The molecule has 0 saturated carbocycles.